The fourth-order valence-electron chi connectivity index (χ4n) is 0.751. The van der Waals surface area contributed by atoms with Gasteiger partial charge in [0.2, 0.25) is 0 Å². The van der Waals surface area contributed by atoms with Crippen LogP contribution < -0.4 is 5.32 Å². The van der Waals surface area contributed by atoms with Crippen LogP contribution in [0.15, 0.2) is 12.3 Å². The van der Waals surface area contributed by atoms with E-state index in [0.717, 1.165) is 0 Å². The minimum Gasteiger partial charge on any atom is -0.387 e. The number of hydrogen-bond acceptors (Lipinski definition) is 3. The standard InChI is InChI=1S/C7H6ClN3/c1-10-6-2-3-11-7(8)5(6)4-9/h2-3H,1H3,(H,10,11). The summed E-state index contributed by atoms with van der Waals surface area (Å²) in [6.07, 6.45) is 1.55. The molecule has 1 heterocycles. The lowest BCUT2D eigenvalue weighted by molar-refractivity contribution is 1.29. The van der Waals surface area contributed by atoms with Gasteiger partial charge in [0, 0.05) is 13.2 Å². The number of nitrogens with zero attached hydrogens (tertiary/aromatic N) is 2. The molecule has 4 heteroatoms. The summed E-state index contributed by atoms with van der Waals surface area (Å²) in [5, 5.41) is 11.7. The summed E-state index contributed by atoms with van der Waals surface area (Å²) in [7, 11) is 1.73. The zero-order chi connectivity index (χ0) is 8.27. The SMILES string of the molecule is CNc1ccnc(Cl)c1C#N. The molecule has 0 atom stereocenters. The molecule has 1 aromatic heterocycles. The van der Waals surface area contributed by atoms with Crippen molar-refractivity contribution in [3.05, 3.63) is 23.0 Å². The number of halogens is 1. The lowest BCUT2D eigenvalue weighted by atomic mass is 10.2. The van der Waals surface area contributed by atoms with Gasteiger partial charge in [-0.1, -0.05) is 11.6 Å². The van der Waals surface area contributed by atoms with E-state index in [-0.39, 0.29) is 5.15 Å². The number of aromatic nitrogens is 1. The Morgan fingerprint density at radius 2 is 2.45 bits per heavy atom. The third-order valence-corrected chi connectivity index (χ3v) is 1.57. The van der Waals surface area contributed by atoms with E-state index in [4.69, 9.17) is 16.9 Å². The minimum atomic E-state index is 0.236. The first-order chi connectivity index (χ1) is 5.29. The van der Waals surface area contributed by atoms with Crippen molar-refractivity contribution in [1.82, 2.24) is 4.98 Å². The highest BCUT2D eigenvalue weighted by Crippen LogP contribution is 2.19. The molecule has 0 saturated heterocycles. The normalized spacial score (nSPS) is 8.82. The smallest absolute Gasteiger partial charge is 0.148 e. The zero-order valence-electron chi connectivity index (χ0n) is 5.93. The molecular weight excluding hydrogens is 162 g/mol. The molecule has 0 radical (unpaired) electrons. The lowest BCUT2D eigenvalue weighted by Crippen LogP contribution is -1.93. The summed E-state index contributed by atoms with van der Waals surface area (Å²) in [4.78, 5) is 3.76. The van der Waals surface area contributed by atoms with Crippen LogP contribution in [0.25, 0.3) is 0 Å². The maximum atomic E-state index is 8.62. The van der Waals surface area contributed by atoms with Crippen LogP contribution in [0.4, 0.5) is 5.69 Å². The summed E-state index contributed by atoms with van der Waals surface area (Å²) in [6, 6.07) is 3.66. The topological polar surface area (TPSA) is 48.7 Å². The molecular formula is C7H6ClN3. The molecule has 1 aromatic rings. The predicted molar refractivity (Wildman–Crippen MR) is 43.5 cm³/mol. The molecule has 0 amide bonds. The number of nitrogens with one attached hydrogen (secondary N) is 1. The first-order valence-corrected chi connectivity index (χ1v) is 3.39. The van der Waals surface area contributed by atoms with Gasteiger partial charge in [-0.25, -0.2) is 4.98 Å². The molecule has 1 N–H and O–H groups in total. The van der Waals surface area contributed by atoms with Crippen LogP contribution in [0, 0.1) is 11.3 Å². The van der Waals surface area contributed by atoms with Crippen molar-refractivity contribution in [2.45, 2.75) is 0 Å². The molecule has 0 bridgehead atoms. The summed E-state index contributed by atoms with van der Waals surface area (Å²) < 4.78 is 0. The van der Waals surface area contributed by atoms with Gasteiger partial charge in [0.15, 0.2) is 0 Å². The fraction of sp³-hybridized carbons (Fsp3) is 0.143. The molecule has 0 spiro atoms. The van der Waals surface area contributed by atoms with Gasteiger partial charge in [0.1, 0.15) is 16.8 Å². The third kappa shape index (κ3) is 1.41. The van der Waals surface area contributed by atoms with Crippen molar-refractivity contribution in [3.8, 4) is 6.07 Å². The minimum absolute atomic E-state index is 0.236. The van der Waals surface area contributed by atoms with Gasteiger partial charge in [-0.05, 0) is 6.07 Å². The Morgan fingerprint density at radius 1 is 1.73 bits per heavy atom. The predicted octanol–water partition coefficient (Wildman–Crippen LogP) is 1.65. The van der Waals surface area contributed by atoms with Gasteiger partial charge >= 0.3 is 0 Å². The summed E-state index contributed by atoms with van der Waals surface area (Å²) in [5.41, 5.74) is 1.09. The van der Waals surface area contributed by atoms with E-state index < -0.39 is 0 Å². The van der Waals surface area contributed by atoms with Crippen molar-refractivity contribution in [1.29, 1.82) is 5.26 Å². The highest BCUT2D eigenvalue weighted by Gasteiger charge is 2.04. The Balaban J connectivity index is 3.27. The number of hydrogen-bond donors (Lipinski definition) is 1. The number of pyridine rings is 1. The summed E-state index contributed by atoms with van der Waals surface area (Å²) in [5.74, 6) is 0. The van der Waals surface area contributed by atoms with E-state index in [1.54, 1.807) is 19.3 Å². The average molecular weight is 168 g/mol. The first kappa shape index (κ1) is 7.83. The van der Waals surface area contributed by atoms with E-state index in [2.05, 4.69) is 10.3 Å². The van der Waals surface area contributed by atoms with Crippen LogP contribution in [0.3, 0.4) is 0 Å². The summed E-state index contributed by atoms with van der Waals surface area (Å²) >= 11 is 5.63. The molecule has 0 aliphatic rings. The molecule has 56 valence electrons. The molecule has 0 saturated carbocycles. The first-order valence-electron chi connectivity index (χ1n) is 3.02. The van der Waals surface area contributed by atoms with Crippen LogP contribution in [-0.4, -0.2) is 12.0 Å². The molecule has 0 unspecified atom stereocenters. The van der Waals surface area contributed by atoms with E-state index in [1.807, 2.05) is 6.07 Å². The molecule has 3 nitrogen and oxygen atoms in total. The number of nitriles is 1. The molecule has 0 aromatic carbocycles. The average Bonchev–Trinajstić information content (AvgIpc) is 2.04. The van der Waals surface area contributed by atoms with Crippen LogP contribution in [-0.2, 0) is 0 Å². The Hall–Kier alpha value is -1.27. The van der Waals surface area contributed by atoms with E-state index in [0.29, 0.717) is 11.3 Å². The van der Waals surface area contributed by atoms with E-state index >= 15 is 0 Å². The second-order valence-electron chi connectivity index (χ2n) is 1.89. The summed E-state index contributed by atoms with van der Waals surface area (Å²) in [6.45, 7) is 0. The highest BCUT2D eigenvalue weighted by molar-refractivity contribution is 6.30. The van der Waals surface area contributed by atoms with Crippen LogP contribution in [0.1, 0.15) is 5.56 Å². The largest absolute Gasteiger partial charge is 0.387 e. The maximum absolute atomic E-state index is 8.62. The fourth-order valence-corrected chi connectivity index (χ4v) is 0.951. The van der Waals surface area contributed by atoms with E-state index in [1.165, 1.54) is 0 Å². The van der Waals surface area contributed by atoms with Crippen LogP contribution in [0.2, 0.25) is 5.15 Å². The molecule has 0 fully saturated rings. The molecule has 1 rings (SSSR count). The second-order valence-corrected chi connectivity index (χ2v) is 2.24. The Labute approximate surface area is 69.6 Å². The van der Waals surface area contributed by atoms with Gasteiger partial charge in [0.05, 0.1) is 5.69 Å². The molecule has 0 aliphatic carbocycles. The van der Waals surface area contributed by atoms with Gasteiger partial charge in [-0.2, -0.15) is 5.26 Å². The second kappa shape index (κ2) is 3.22. The maximum Gasteiger partial charge on any atom is 0.148 e. The van der Waals surface area contributed by atoms with Crippen LogP contribution in [0.5, 0.6) is 0 Å². The van der Waals surface area contributed by atoms with Crippen molar-refractivity contribution in [3.63, 3.8) is 0 Å². The quantitative estimate of drug-likeness (QED) is 0.647. The van der Waals surface area contributed by atoms with Crippen LogP contribution >= 0.6 is 11.6 Å². The Bertz CT molecular complexity index is 303. The number of rotatable bonds is 1. The van der Waals surface area contributed by atoms with Gasteiger partial charge in [0.25, 0.3) is 0 Å². The van der Waals surface area contributed by atoms with Crippen molar-refractivity contribution >= 4 is 17.3 Å². The molecule has 11 heavy (non-hydrogen) atoms. The Morgan fingerprint density at radius 3 is 2.91 bits per heavy atom. The van der Waals surface area contributed by atoms with Gasteiger partial charge < -0.3 is 5.32 Å². The lowest BCUT2D eigenvalue weighted by Gasteiger charge is -2.01. The van der Waals surface area contributed by atoms with Crippen molar-refractivity contribution in [2.24, 2.45) is 0 Å². The molecule has 0 aliphatic heterocycles. The number of anilines is 1. The van der Waals surface area contributed by atoms with Crippen molar-refractivity contribution < 1.29 is 0 Å². The van der Waals surface area contributed by atoms with Crippen molar-refractivity contribution in [2.75, 3.05) is 12.4 Å². The third-order valence-electron chi connectivity index (χ3n) is 1.29. The Kier molecular flexibility index (Phi) is 2.29. The van der Waals surface area contributed by atoms with E-state index in [9.17, 15) is 0 Å². The monoisotopic (exact) mass is 167 g/mol. The highest BCUT2D eigenvalue weighted by atomic mass is 35.5. The van der Waals surface area contributed by atoms with Gasteiger partial charge in [-0.15, -0.1) is 0 Å². The van der Waals surface area contributed by atoms with Gasteiger partial charge in [-0.3, -0.25) is 0 Å². The zero-order valence-corrected chi connectivity index (χ0v) is 6.68.